The third-order valence-corrected chi connectivity index (χ3v) is 2.23. The van der Waals surface area contributed by atoms with E-state index in [1.807, 2.05) is 6.92 Å². The fourth-order valence-corrected chi connectivity index (χ4v) is 1.46. The van der Waals surface area contributed by atoms with E-state index in [9.17, 15) is 8.78 Å². The molecule has 0 radical (unpaired) electrons. The Bertz CT molecular complexity index is 561. The van der Waals surface area contributed by atoms with E-state index in [2.05, 4.69) is 15.0 Å². The normalized spacial score (nSPS) is 12.6. The van der Waals surface area contributed by atoms with Gasteiger partial charge in [-0.1, -0.05) is 0 Å². The zero-order valence-electron chi connectivity index (χ0n) is 9.14. The fourth-order valence-electron chi connectivity index (χ4n) is 1.46. The summed E-state index contributed by atoms with van der Waals surface area (Å²) in [6.45, 7) is 2.36. The van der Waals surface area contributed by atoms with Gasteiger partial charge >= 0.3 is 0 Å². The Balaban J connectivity index is 2.58. The van der Waals surface area contributed by atoms with Crippen molar-refractivity contribution in [2.45, 2.75) is 13.3 Å². The molecule has 2 aromatic rings. The lowest BCUT2D eigenvalue weighted by Crippen LogP contribution is -2.16. The molecule has 17 heavy (non-hydrogen) atoms. The number of fused-ring (bicyclic) bond motifs is 1. The predicted molar refractivity (Wildman–Crippen MR) is 59.2 cm³/mol. The van der Waals surface area contributed by atoms with Gasteiger partial charge in [0.1, 0.15) is 17.2 Å². The molecule has 0 saturated heterocycles. The Labute approximate surface area is 96.0 Å². The molecule has 0 aliphatic heterocycles. The van der Waals surface area contributed by atoms with Crippen LogP contribution in [0.4, 0.5) is 8.78 Å². The molecule has 0 unspecified atom stereocenters. The first-order chi connectivity index (χ1) is 8.13. The number of hydrogen-bond acceptors (Lipinski definition) is 3. The Morgan fingerprint density at radius 3 is 2.88 bits per heavy atom. The van der Waals surface area contributed by atoms with Crippen LogP contribution in [0, 0.1) is 0 Å². The van der Waals surface area contributed by atoms with Crippen LogP contribution < -0.4 is 5.73 Å². The molecule has 0 fully saturated rings. The van der Waals surface area contributed by atoms with Gasteiger partial charge in [0.2, 0.25) is 0 Å². The van der Waals surface area contributed by atoms with Crippen molar-refractivity contribution in [2.24, 2.45) is 10.7 Å². The predicted octanol–water partition coefficient (Wildman–Crippen LogP) is 1.39. The molecule has 2 N–H and O–H groups in total. The number of amidine groups is 1. The second-order valence-corrected chi connectivity index (χ2v) is 3.34. The zero-order valence-corrected chi connectivity index (χ0v) is 9.14. The molecular weight excluding hydrogens is 228 g/mol. The van der Waals surface area contributed by atoms with E-state index < -0.39 is 6.43 Å². The maximum absolute atomic E-state index is 12.5. The van der Waals surface area contributed by atoms with Crippen molar-refractivity contribution in [1.82, 2.24) is 14.4 Å². The lowest BCUT2D eigenvalue weighted by Gasteiger charge is -2.03. The third-order valence-electron chi connectivity index (χ3n) is 2.23. The van der Waals surface area contributed by atoms with E-state index in [1.54, 1.807) is 0 Å². The number of nitrogens with two attached hydrogens (primary N) is 1. The number of halogens is 2. The highest BCUT2D eigenvalue weighted by molar-refractivity contribution is 5.96. The van der Waals surface area contributed by atoms with Crippen LogP contribution in [0.5, 0.6) is 0 Å². The van der Waals surface area contributed by atoms with E-state index in [1.165, 1.54) is 23.0 Å². The summed E-state index contributed by atoms with van der Waals surface area (Å²) in [5.41, 5.74) is 6.35. The number of imidazole rings is 1. The molecule has 2 aromatic heterocycles. The highest BCUT2D eigenvalue weighted by atomic mass is 19.3. The topological polar surface area (TPSA) is 68.6 Å². The van der Waals surface area contributed by atoms with E-state index >= 15 is 0 Å². The number of aliphatic imine (C=N–C) groups is 1. The summed E-state index contributed by atoms with van der Waals surface area (Å²) in [5, 5.41) is 0. The van der Waals surface area contributed by atoms with Crippen molar-refractivity contribution in [1.29, 1.82) is 0 Å². The van der Waals surface area contributed by atoms with Crippen molar-refractivity contribution < 1.29 is 8.78 Å². The minimum absolute atomic E-state index is 0.270. The summed E-state index contributed by atoms with van der Waals surface area (Å²) >= 11 is 0. The van der Waals surface area contributed by atoms with Gasteiger partial charge in [0.05, 0.1) is 12.4 Å². The molecular formula is C10H11F2N5. The van der Waals surface area contributed by atoms with Gasteiger partial charge in [-0.2, -0.15) is 0 Å². The van der Waals surface area contributed by atoms with Gasteiger partial charge in [-0.05, 0) is 6.92 Å². The summed E-state index contributed by atoms with van der Waals surface area (Å²) < 4.78 is 26.5. The molecule has 0 aliphatic rings. The van der Waals surface area contributed by atoms with Gasteiger partial charge in [-0.25, -0.2) is 18.7 Å². The molecule has 0 spiro atoms. The molecule has 0 amide bonds. The van der Waals surface area contributed by atoms with E-state index in [0.717, 1.165) is 0 Å². The van der Waals surface area contributed by atoms with E-state index in [0.29, 0.717) is 17.9 Å². The summed E-state index contributed by atoms with van der Waals surface area (Å²) in [6, 6.07) is 0. The average Bonchev–Trinajstić information content (AvgIpc) is 2.71. The van der Waals surface area contributed by atoms with Crippen LogP contribution in [0.25, 0.3) is 5.65 Å². The molecule has 0 aromatic carbocycles. The summed E-state index contributed by atoms with van der Waals surface area (Å²) in [5.74, 6) is 0.270. The van der Waals surface area contributed by atoms with Crippen LogP contribution >= 0.6 is 0 Å². The third kappa shape index (κ3) is 2.08. The van der Waals surface area contributed by atoms with E-state index in [-0.39, 0.29) is 11.5 Å². The second-order valence-electron chi connectivity index (χ2n) is 3.34. The highest BCUT2D eigenvalue weighted by Crippen LogP contribution is 2.17. The molecule has 5 nitrogen and oxygen atoms in total. The van der Waals surface area contributed by atoms with Crippen molar-refractivity contribution in [3.8, 4) is 0 Å². The molecule has 90 valence electrons. The Kier molecular flexibility index (Phi) is 2.99. The molecule has 0 saturated carbocycles. The lowest BCUT2D eigenvalue weighted by atomic mass is 10.4. The number of alkyl halides is 2. The van der Waals surface area contributed by atoms with Crippen molar-refractivity contribution in [3.63, 3.8) is 0 Å². The average molecular weight is 239 g/mol. The summed E-state index contributed by atoms with van der Waals surface area (Å²) in [7, 11) is 0. The molecule has 0 aliphatic carbocycles. The largest absolute Gasteiger partial charge is 0.382 e. The van der Waals surface area contributed by atoms with Crippen LogP contribution in [0.2, 0.25) is 0 Å². The number of aromatic nitrogens is 3. The van der Waals surface area contributed by atoms with Crippen molar-refractivity contribution >= 4 is 11.5 Å². The van der Waals surface area contributed by atoms with Gasteiger partial charge in [0, 0.05) is 12.7 Å². The highest BCUT2D eigenvalue weighted by Gasteiger charge is 2.13. The minimum Gasteiger partial charge on any atom is -0.382 e. The van der Waals surface area contributed by atoms with Gasteiger partial charge in [-0.3, -0.25) is 9.39 Å². The summed E-state index contributed by atoms with van der Waals surface area (Å²) in [6.07, 6.45) is 1.37. The summed E-state index contributed by atoms with van der Waals surface area (Å²) in [4.78, 5) is 11.6. The van der Waals surface area contributed by atoms with Crippen LogP contribution in [-0.2, 0) is 0 Å². The van der Waals surface area contributed by atoms with E-state index in [4.69, 9.17) is 5.73 Å². The number of rotatable bonds is 3. The first-order valence-corrected chi connectivity index (χ1v) is 5.05. The van der Waals surface area contributed by atoms with Gasteiger partial charge in [-0.15, -0.1) is 0 Å². The lowest BCUT2D eigenvalue weighted by molar-refractivity contribution is 0.145. The Morgan fingerprint density at radius 2 is 2.24 bits per heavy atom. The maximum atomic E-state index is 12.5. The van der Waals surface area contributed by atoms with Crippen LogP contribution in [0.1, 0.15) is 24.7 Å². The first kappa shape index (κ1) is 11.4. The molecule has 2 rings (SSSR count). The fraction of sp³-hybridized carbons (Fsp3) is 0.300. The van der Waals surface area contributed by atoms with Crippen molar-refractivity contribution in [2.75, 3.05) is 6.54 Å². The second kappa shape index (κ2) is 4.44. The van der Waals surface area contributed by atoms with Gasteiger partial charge in [0.15, 0.2) is 5.65 Å². The Morgan fingerprint density at radius 1 is 1.47 bits per heavy atom. The SMILES string of the molecule is CCN=C(N)c1cnc2cnc(C(F)F)cn12. The Hall–Kier alpha value is -2.05. The minimum atomic E-state index is -2.63. The monoisotopic (exact) mass is 239 g/mol. The van der Waals surface area contributed by atoms with Crippen LogP contribution in [0.15, 0.2) is 23.6 Å². The first-order valence-electron chi connectivity index (χ1n) is 5.05. The number of nitrogens with zero attached hydrogens (tertiary/aromatic N) is 4. The van der Waals surface area contributed by atoms with Crippen molar-refractivity contribution in [3.05, 3.63) is 30.0 Å². The number of hydrogen-bond donors (Lipinski definition) is 1. The van der Waals surface area contributed by atoms with Crippen LogP contribution in [-0.4, -0.2) is 26.7 Å². The van der Waals surface area contributed by atoms with Gasteiger partial charge < -0.3 is 5.73 Å². The van der Waals surface area contributed by atoms with Gasteiger partial charge in [0.25, 0.3) is 6.43 Å². The molecule has 7 heteroatoms. The molecule has 0 bridgehead atoms. The molecule has 0 atom stereocenters. The zero-order chi connectivity index (χ0) is 12.4. The molecule has 2 heterocycles. The maximum Gasteiger partial charge on any atom is 0.281 e. The smallest absolute Gasteiger partial charge is 0.281 e. The van der Waals surface area contributed by atoms with Crippen LogP contribution in [0.3, 0.4) is 0 Å². The standard InChI is InChI=1S/C10H11F2N5/c1-2-14-10(13)7-3-16-8-4-15-6(9(11)12)5-17(7)8/h3-5,9H,2H2,1H3,(H2,13,14). The quantitative estimate of drug-likeness (QED) is 0.650.